The maximum absolute atomic E-state index is 12.1. The van der Waals surface area contributed by atoms with Crippen molar-refractivity contribution in [3.05, 3.63) is 42.1 Å². The fourth-order valence-corrected chi connectivity index (χ4v) is 2.57. The van der Waals surface area contributed by atoms with Crippen molar-refractivity contribution in [1.29, 1.82) is 0 Å². The summed E-state index contributed by atoms with van der Waals surface area (Å²) < 4.78 is 10.2. The predicted octanol–water partition coefficient (Wildman–Crippen LogP) is 2.41. The maximum atomic E-state index is 12.1. The number of hydrogen-bond donors (Lipinski definition) is 1. The van der Waals surface area contributed by atoms with Gasteiger partial charge >= 0.3 is 5.97 Å². The summed E-state index contributed by atoms with van der Waals surface area (Å²) in [6, 6.07) is 11.1. The summed E-state index contributed by atoms with van der Waals surface area (Å²) in [6.07, 6.45) is 1.21. The number of amides is 1. The molecule has 1 N–H and O–H groups in total. The second kappa shape index (κ2) is 6.64. The van der Waals surface area contributed by atoms with E-state index in [0.717, 1.165) is 5.56 Å². The molecule has 1 aliphatic carbocycles. The van der Waals surface area contributed by atoms with E-state index in [1.54, 1.807) is 13.0 Å². The number of esters is 1. The van der Waals surface area contributed by atoms with Gasteiger partial charge in [0.25, 0.3) is 5.91 Å². The van der Waals surface area contributed by atoms with Gasteiger partial charge in [-0.05, 0) is 19.8 Å². The monoisotopic (exact) mass is 314 g/mol. The Labute approximate surface area is 133 Å². The molecular formula is C17H18N2O4. The molecule has 120 valence electrons. The molecule has 0 atom stereocenters. The molecule has 6 nitrogen and oxygen atoms in total. The smallest absolute Gasteiger partial charge is 0.309 e. The lowest BCUT2D eigenvalue weighted by Crippen LogP contribution is -2.47. The Kier molecular flexibility index (Phi) is 4.41. The molecule has 0 aliphatic heterocycles. The van der Waals surface area contributed by atoms with E-state index in [1.165, 1.54) is 0 Å². The van der Waals surface area contributed by atoms with Crippen molar-refractivity contribution in [2.75, 3.05) is 6.61 Å². The van der Waals surface area contributed by atoms with Gasteiger partial charge in [-0.3, -0.25) is 9.59 Å². The molecule has 6 heteroatoms. The first-order chi connectivity index (χ1) is 11.2. The number of aromatic nitrogens is 1. The largest absolute Gasteiger partial charge is 0.466 e. The van der Waals surface area contributed by atoms with Crippen molar-refractivity contribution in [3.8, 4) is 11.3 Å². The van der Waals surface area contributed by atoms with Crippen LogP contribution in [0.15, 0.2) is 40.9 Å². The van der Waals surface area contributed by atoms with Crippen molar-refractivity contribution in [3.63, 3.8) is 0 Å². The summed E-state index contributed by atoms with van der Waals surface area (Å²) in [6.45, 7) is 2.16. The Hall–Kier alpha value is -2.63. The molecule has 1 aromatic heterocycles. The number of rotatable bonds is 5. The fourth-order valence-electron chi connectivity index (χ4n) is 2.57. The van der Waals surface area contributed by atoms with Crippen molar-refractivity contribution >= 4 is 11.9 Å². The highest BCUT2D eigenvalue weighted by atomic mass is 16.5. The molecule has 0 spiro atoms. The summed E-state index contributed by atoms with van der Waals surface area (Å²) in [5.74, 6) is -0.0414. The van der Waals surface area contributed by atoms with E-state index in [-0.39, 0.29) is 29.5 Å². The lowest BCUT2D eigenvalue weighted by atomic mass is 9.80. The van der Waals surface area contributed by atoms with Gasteiger partial charge in [0.2, 0.25) is 0 Å². The van der Waals surface area contributed by atoms with Gasteiger partial charge in [0, 0.05) is 17.7 Å². The Morgan fingerprint density at radius 2 is 2.04 bits per heavy atom. The molecule has 1 fully saturated rings. The minimum Gasteiger partial charge on any atom is -0.466 e. The van der Waals surface area contributed by atoms with Crippen LogP contribution in [-0.2, 0) is 9.53 Å². The van der Waals surface area contributed by atoms with Gasteiger partial charge in [0.1, 0.15) is 0 Å². The molecule has 1 saturated carbocycles. The van der Waals surface area contributed by atoms with E-state index < -0.39 is 0 Å². The van der Waals surface area contributed by atoms with Crippen LogP contribution >= 0.6 is 0 Å². The van der Waals surface area contributed by atoms with E-state index in [0.29, 0.717) is 25.2 Å². The Balaban J connectivity index is 1.54. The van der Waals surface area contributed by atoms with Gasteiger partial charge in [-0.15, -0.1) is 0 Å². The van der Waals surface area contributed by atoms with E-state index in [9.17, 15) is 9.59 Å². The molecule has 3 rings (SSSR count). The molecule has 0 radical (unpaired) electrons. The lowest BCUT2D eigenvalue weighted by Gasteiger charge is -2.33. The van der Waals surface area contributed by atoms with Crippen molar-refractivity contribution < 1.29 is 18.8 Å². The van der Waals surface area contributed by atoms with Crippen LogP contribution in [0, 0.1) is 5.92 Å². The minimum absolute atomic E-state index is 0.0196. The molecule has 1 aliphatic rings. The summed E-state index contributed by atoms with van der Waals surface area (Å²) in [5, 5.41) is 6.66. The molecule has 2 aromatic rings. The van der Waals surface area contributed by atoms with Crippen LogP contribution in [0.2, 0.25) is 0 Å². The van der Waals surface area contributed by atoms with Gasteiger partial charge in [-0.25, -0.2) is 0 Å². The average Bonchev–Trinajstić information content (AvgIpc) is 3.01. The zero-order chi connectivity index (χ0) is 16.2. The van der Waals surface area contributed by atoms with Crippen LogP contribution in [0.1, 0.15) is 30.3 Å². The predicted molar refractivity (Wildman–Crippen MR) is 82.6 cm³/mol. The van der Waals surface area contributed by atoms with Crippen LogP contribution in [0.25, 0.3) is 11.3 Å². The molecule has 0 unspecified atom stereocenters. The van der Waals surface area contributed by atoms with Gasteiger partial charge in [0.15, 0.2) is 11.5 Å². The molecule has 1 amide bonds. The standard InChI is InChI=1S/C17H18N2O4/c1-2-22-17(21)12-8-13(9-12)18-16(20)14-10-15(23-19-14)11-6-4-3-5-7-11/h3-7,10,12-13H,2,8-9H2,1H3,(H,18,20)/t12-,13+. The van der Waals surface area contributed by atoms with Crippen LogP contribution < -0.4 is 5.32 Å². The van der Waals surface area contributed by atoms with E-state index in [4.69, 9.17) is 9.26 Å². The first kappa shape index (κ1) is 15.3. The Morgan fingerprint density at radius 1 is 1.30 bits per heavy atom. The van der Waals surface area contributed by atoms with Crippen LogP contribution in [0.3, 0.4) is 0 Å². The molecule has 0 bridgehead atoms. The second-order valence-corrected chi connectivity index (χ2v) is 5.53. The van der Waals surface area contributed by atoms with Gasteiger partial charge in [-0.2, -0.15) is 0 Å². The number of nitrogens with zero attached hydrogens (tertiary/aromatic N) is 1. The van der Waals surface area contributed by atoms with E-state index >= 15 is 0 Å². The molecular weight excluding hydrogens is 296 g/mol. The normalized spacial score (nSPS) is 19.7. The van der Waals surface area contributed by atoms with Gasteiger partial charge < -0.3 is 14.6 Å². The highest BCUT2D eigenvalue weighted by Crippen LogP contribution is 2.29. The maximum Gasteiger partial charge on any atom is 0.309 e. The van der Waals surface area contributed by atoms with Crippen molar-refractivity contribution in [1.82, 2.24) is 10.5 Å². The minimum atomic E-state index is -0.289. The summed E-state index contributed by atoms with van der Waals surface area (Å²) in [5.41, 5.74) is 1.11. The average molecular weight is 314 g/mol. The number of ether oxygens (including phenoxy) is 1. The third-order valence-corrected chi connectivity index (χ3v) is 3.89. The highest BCUT2D eigenvalue weighted by Gasteiger charge is 2.36. The molecule has 1 aromatic carbocycles. The van der Waals surface area contributed by atoms with Gasteiger partial charge in [-0.1, -0.05) is 35.5 Å². The summed E-state index contributed by atoms with van der Waals surface area (Å²) in [4.78, 5) is 23.7. The third kappa shape index (κ3) is 3.41. The molecule has 23 heavy (non-hydrogen) atoms. The zero-order valence-corrected chi connectivity index (χ0v) is 12.8. The number of carbonyl (C=O) groups excluding carboxylic acids is 2. The summed E-state index contributed by atoms with van der Waals surface area (Å²) >= 11 is 0. The van der Waals surface area contributed by atoms with Crippen molar-refractivity contribution in [2.24, 2.45) is 5.92 Å². The highest BCUT2D eigenvalue weighted by molar-refractivity contribution is 5.93. The van der Waals surface area contributed by atoms with E-state index in [2.05, 4.69) is 10.5 Å². The quantitative estimate of drug-likeness (QED) is 0.857. The Morgan fingerprint density at radius 3 is 2.74 bits per heavy atom. The zero-order valence-electron chi connectivity index (χ0n) is 12.8. The van der Waals surface area contributed by atoms with Crippen LogP contribution in [0.5, 0.6) is 0 Å². The van der Waals surface area contributed by atoms with E-state index in [1.807, 2.05) is 30.3 Å². The topological polar surface area (TPSA) is 81.4 Å². The van der Waals surface area contributed by atoms with Crippen molar-refractivity contribution in [2.45, 2.75) is 25.8 Å². The first-order valence-electron chi connectivity index (χ1n) is 7.67. The molecule has 0 saturated heterocycles. The SMILES string of the molecule is CCOC(=O)[C@H]1C[C@@H](NC(=O)c2cc(-c3ccccc3)on2)C1. The second-order valence-electron chi connectivity index (χ2n) is 5.53. The fraction of sp³-hybridized carbons (Fsp3) is 0.353. The van der Waals surface area contributed by atoms with Gasteiger partial charge in [0.05, 0.1) is 12.5 Å². The first-order valence-corrected chi connectivity index (χ1v) is 7.67. The van der Waals surface area contributed by atoms with Crippen LogP contribution in [0.4, 0.5) is 0 Å². The number of hydrogen-bond acceptors (Lipinski definition) is 5. The Bertz CT molecular complexity index is 690. The third-order valence-electron chi connectivity index (χ3n) is 3.89. The number of carbonyl (C=O) groups is 2. The molecule has 1 heterocycles. The lowest BCUT2D eigenvalue weighted by molar-refractivity contribution is -0.151. The van der Waals surface area contributed by atoms with Crippen LogP contribution in [-0.4, -0.2) is 29.7 Å². The number of nitrogens with one attached hydrogen (secondary N) is 1. The number of benzene rings is 1. The summed E-state index contributed by atoms with van der Waals surface area (Å²) in [7, 11) is 0.